The molecule has 0 spiro atoms. The molecule has 0 amide bonds. The van der Waals surface area contributed by atoms with Crippen LogP contribution in [0.15, 0.2) is 0 Å². The van der Waals surface area contributed by atoms with E-state index in [2.05, 4.69) is 0 Å². The Morgan fingerprint density at radius 2 is 0.489 bits per heavy atom. The van der Waals surface area contributed by atoms with Crippen LogP contribution in [0.25, 0.3) is 0 Å². The van der Waals surface area contributed by atoms with Crippen LogP contribution >= 0.6 is 97.7 Å². The normalized spacial score (nSPS) is 9.11. The smallest absolute Gasteiger partial charge is 0.239 e. The fraction of sp³-hybridized carbons (Fsp3) is 0.724. The zero-order valence-corrected chi connectivity index (χ0v) is 34.4. The van der Waals surface area contributed by atoms with Crippen LogP contribution in [-0.4, -0.2) is 67.1 Å². The summed E-state index contributed by atoms with van der Waals surface area (Å²) in [6.07, 6.45) is 5.49. The molecule has 0 atom stereocenters. The lowest BCUT2D eigenvalue weighted by atomic mass is 10.5. The highest BCUT2D eigenvalue weighted by Gasteiger charge is 2.06. The number of ether oxygens (including phenoxy) is 8. The molecule has 0 saturated carbocycles. The molecule has 0 bridgehead atoms. The van der Waals surface area contributed by atoms with Crippen molar-refractivity contribution in [2.45, 2.75) is 120 Å². The Labute approximate surface area is 314 Å². The van der Waals surface area contributed by atoms with Crippen LogP contribution in [0.5, 0.6) is 0 Å². The third kappa shape index (κ3) is 43.1. The second-order valence-corrected chi connectivity index (χ2v) is 11.5. The standard InChI is InChI=1S/C8H14O2S2.3C7H12O2S2/c1-4-7(11)9-6(3)10-8(12)5-2;3*1-3-6(10)8-5-9-7(11)4-2/h6H,4-5H2,1-3H3;3*3-5H2,1-2H3. The van der Waals surface area contributed by atoms with Gasteiger partial charge in [0.1, 0.15) is 0 Å². The number of rotatable bonds is 16. The second-order valence-electron chi connectivity index (χ2n) is 7.83. The molecule has 8 nitrogen and oxygen atoms in total. The number of thiocarbonyl (C=S) groups is 8. The van der Waals surface area contributed by atoms with Crippen LogP contribution in [-0.2, 0) is 37.9 Å². The Morgan fingerprint density at radius 3 is 0.622 bits per heavy atom. The van der Waals surface area contributed by atoms with Gasteiger partial charge in [-0.15, -0.1) is 0 Å². The first-order valence-electron chi connectivity index (χ1n) is 14.5. The summed E-state index contributed by atoms with van der Waals surface area (Å²) in [5.74, 6) is 0. The molecule has 0 aliphatic carbocycles. The van der Waals surface area contributed by atoms with Crippen molar-refractivity contribution < 1.29 is 37.9 Å². The molecule has 0 heterocycles. The van der Waals surface area contributed by atoms with Crippen molar-refractivity contribution in [2.75, 3.05) is 20.4 Å². The van der Waals surface area contributed by atoms with Crippen LogP contribution in [0, 0.1) is 0 Å². The van der Waals surface area contributed by atoms with Crippen molar-refractivity contribution in [2.24, 2.45) is 0 Å². The highest BCUT2D eigenvalue weighted by molar-refractivity contribution is 7.81. The average molecular weight is 783 g/mol. The Morgan fingerprint density at radius 1 is 0.333 bits per heavy atom. The van der Waals surface area contributed by atoms with Crippen molar-refractivity contribution in [3.63, 3.8) is 0 Å². The van der Waals surface area contributed by atoms with E-state index in [0.717, 1.165) is 51.4 Å². The Balaban J connectivity index is -0.000000249. The third-order valence-corrected chi connectivity index (χ3v) is 7.43. The van der Waals surface area contributed by atoms with Crippen molar-refractivity contribution in [3.8, 4) is 0 Å². The first-order chi connectivity index (χ1) is 21.2. The predicted octanol–water partition coefficient (Wildman–Crippen LogP) is 10.2. The van der Waals surface area contributed by atoms with Crippen LogP contribution in [0.1, 0.15) is 114 Å². The van der Waals surface area contributed by atoms with Gasteiger partial charge in [0.25, 0.3) is 0 Å². The molecule has 0 aromatic heterocycles. The molecule has 0 fully saturated rings. The van der Waals surface area contributed by atoms with E-state index in [1.165, 1.54) is 0 Å². The van der Waals surface area contributed by atoms with Gasteiger partial charge >= 0.3 is 0 Å². The summed E-state index contributed by atoms with van der Waals surface area (Å²) in [6.45, 7) is 17.7. The van der Waals surface area contributed by atoms with E-state index >= 15 is 0 Å². The van der Waals surface area contributed by atoms with E-state index in [1.54, 1.807) is 6.92 Å². The Kier molecular flexibility index (Phi) is 42.6. The largest absolute Gasteiger partial charge is 0.451 e. The minimum atomic E-state index is -0.357. The van der Waals surface area contributed by atoms with Gasteiger partial charge in [-0.2, -0.15) is 0 Å². The molecule has 262 valence electrons. The van der Waals surface area contributed by atoms with E-state index in [4.69, 9.17) is 136 Å². The Bertz CT molecular complexity index is 738. The van der Waals surface area contributed by atoms with Gasteiger partial charge < -0.3 is 37.9 Å². The lowest BCUT2D eigenvalue weighted by Crippen LogP contribution is -2.19. The van der Waals surface area contributed by atoms with Crippen LogP contribution in [0.2, 0.25) is 0 Å². The van der Waals surface area contributed by atoms with Crippen LogP contribution in [0.3, 0.4) is 0 Å². The fourth-order valence-electron chi connectivity index (χ4n) is 1.66. The summed E-state index contributed by atoms with van der Waals surface area (Å²) in [7, 11) is 0. The summed E-state index contributed by atoms with van der Waals surface area (Å²) in [5.41, 5.74) is 0. The third-order valence-electron chi connectivity index (χ3n) is 4.22. The van der Waals surface area contributed by atoms with Crippen LogP contribution < -0.4 is 0 Å². The van der Waals surface area contributed by atoms with Gasteiger partial charge in [0.05, 0.1) is 0 Å². The molecule has 0 aliphatic heterocycles. The number of hydrogen-bond donors (Lipinski definition) is 0. The van der Waals surface area contributed by atoms with Crippen LogP contribution in [0.4, 0.5) is 0 Å². The van der Waals surface area contributed by atoms with Gasteiger partial charge in [-0.25, -0.2) is 0 Å². The Hall–Kier alpha value is -0.880. The van der Waals surface area contributed by atoms with E-state index in [9.17, 15) is 0 Å². The van der Waals surface area contributed by atoms with Gasteiger partial charge in [0, 0.05) is 58.3 Å². The topological polar surface area (TPSA) is 73.8 Å². The maximum atomic E-state index is 5.19. The zero-order valence-electron chi connectivity index (χ0n) is 27.9. The molecule has 0 aromatic rings. The van der Waals surface area contributed by atoms with Crippen molar-refractivity contribution >= 4 is 138 Å². The van der Waals surface area contributed by atoms with E-state index in [-0.39, 0.29) is 26.7 Å². The molecule has 0 aliphatic rings. The summed E-state index contributed by atoms with van der Waals surface area (Å²) < 4.78 is 40.3. The van der Waals surface area contributed by atoms with Gasteiger partial charge in [-0.1, -0.05) is 55.4 Å². The highest BCUT2D eigenvalue weighted by Crippen LogP contribution is 2.01. The maximum Gasteiger partial charge on any atom is 0.239 e. The quantitative estimate of drug-likeness (QED) is 0.110. The molecule has 16 heteroatoms. The molecule has 45 heavy (non-hydrogen) atoms. The summed E-state index contributed by atoms with van der Waals surface area (Å²) in [6, 6.07) is 0. The molecule has 0 unspecified atom stereocenters. The predicted molar refractivity (Wildman–Crippen MR) is 216 cm³/mol. The first-order valence-corrected chi connectivity index (χ1v) is 17.8. The van der Waals surface area contributed by atoms with E-state index in [1.807, 2.05) is 55.4 Å². The first kappa shape index (κ1) is 51.0. The monoisotopic (exact) mass is 782 g/mol. The number of hydrogen-bond acceptors (Lipinski definition) is 16. The molecule has 0 aromatic carbocycles. The van der Waals surface area contributed by atoms with Crippen molar-refractivity contribution in [1.82, 2.24) is 0 Å². The molecule has 0 N–H and O–H groups in total. The lowest BCUT2D eigenvalue weighted by molar-refractivity contribution is 0.00335. The second kappa shape index (κ2) is 37.6. The zero-order chi connectivity index (χ0) is 35.6. The minimum absolute atomic E-state index is 0.152. The van der Waals surface area contributed by atoms with Gasteiger partial charge in [-0.3, -0.25) is 0 Å². The van der Waals surface area contributed by atoms with Gasteiger partial charge in [-0.05, 0) is 97.7 Å². The maximum absolute atomic E-state index is 5.19. The SMILES string of the molecule is CCC(=S)OC(C)OC(=S)CC.CCC(=S)OCOC(=S)CC.CCC(=S)OCOC(=S)CC.CCC(=S)OCOC(=S)CC. The van der Waals surface area contributed by atoms with Gasteiger partial charge in [0.2, 0.25) is 26.7 Å². The highest BCUT2D eigenvalue weighted by atomic mass is 32.1. The molecular formula is C29H50O8S8. The molecule has 0 radical (unpaired) electrons. The summed E-state index contributed by atoms with van der Waals surface area (Å²) in [5, 5.41) is 4.47. The van der Waals surface area contributed by atoms with E-state index in [0.29, 0.717) is 40.4 Å². The van der Waals surface area contributed by atoms with Gasteiger partial charge in [0.15, 0.2) is 40.4 Å². The minimum Gasteiger partial charge on any atom is -0.451 e. The lowest BCUT2D eigenvalue weighted by Gasteiger charge is -2.15. The molecular weight excluding hydrogens is 733 g/mol. The molecule has 0 rings (SSSR count). The fourth-order valence-corrected chi connectivity index (χ4v) is 2.22. The van der Waals surface area contributed by atoms with Crippen molar-refractivity contribution in [1.29, 1.82) is 0 Å². The summed E-state index contributed by atoms with van der Waals surface area (Å²) in [4.78, 5) is 0. The summed E-state index contributed by atoms with van der Waals surface area (Å²) >= 11 is 38.5. The molecule has 0 saturated heterocycles. The van der Waals surface area contributed by atoms with E-state index < -0.39 is 0 Å². The van der Waals surface area contributed by atoms with Crippen molar-refractivity contribution in [3.05, 3.63) is 0 Å². The average Bonchev–Trinajstić information content (AvgIpc) is 3.04.